The smallest absolute Gasteiger partial charge is 0.410 e. The molecule has 1 amide bonds. The summed E-state index contributed by atoms with van der Waals surface area (Å²) in [5, 5.41) is 9.46. The highest BCUT2D eigenvalue weighted by Gasteiger charge is 2.33. The maximum atomic E-state index is 12.0. The van der Waals surface area contributed by atoms with Crippen molar-refractivity contribution >= 4 is 6.09 Å². The second-order valence-electron chi connectivity index (χ2n) is 6.18. The number of hydrogen-bond donors (Lipinski definition) is 2. The molecule has 0 aromatic rings. The minimum atomic E-state index is -0.467. The van der Waals surface area contributed by atoms with Gasteiger partial charge in [0.1, 0.15) is 5.60 Å². The van der Waals surface area contributed by atoms with Crippen LogP contribution in [0.25, 0.3) is 0 Å². The number of aliphatic hydroxyl groups excluding tert-OH is 1. The van der Waals surface area contributed by atoms with Gasteiger partial charge in [-0.2, -0.15) is 0 Å². The number of nitrogens with zero attached hydrogens (tertiary/aromatic N) is 1. The van der Waals surface area contributed by atoms with Gasteiger partial charge in [-0.15, -0.1) is 0 Å². The van der Waals surface area contributed by atoms with Crippen molar-refractivity contribution in [2.75, 3.05) is 26.2 Å². The van der Waals surface area contributed by atoms with Gasteiger partial charge in [0, 0.05) is 31.7 Å². The van der Waals surface area contributed by atoms with Gasteiger partial charge in [-0.25, -0.2) is 4.79 Å². The molecule has 1 heterocycles. The lowest BCUT2D eigenvalue weighted by atomic mass is 9.82. The number of rotatable bonds is 2. The van der Waals surface area contributed by atoms with Gasteiger partial charge >= 0.3 is 6.09 Å². The second-order valence-corrected chi connectivity index (χ2v) is 6.18. The van der Waals surface area contributed by atoms with Crippen molar-refractivity contribution in [3.05, 3.63) is 0 Å². The molecule has 1 rings (SSSR count). The number of ether oxygens (including phenoxy) is 1. The summed E-state index contributed by atoms with van der Waals surface area (Å²) >= 11 is 0. The topological polar surface area (TPSA) is 75.8 Å². The van der Waals surface area contributed by atoms with Gasteiger partial charge in [-0.1, -0.05) is 0 Å². The van der Waals surface area contributed by atoms with E-state index in [-0.39, 0.29) is 18.1 Å². The van der Waals surface area contributed by atoms with Gasteiger partial charge in [0.25, 0.3) is 0 Å². The fourth-order valence-electron chi connectivity index (χ4n) is 2.19. The Balaban J connectivity index is 2.59. The normalized spacial score (nSPS) is 25.7. The van der Waals surface area contributed by atoms with Crippen LogP contribution >= 0.6 is 0 Å². The average Bonchev–Trinajstić information content (AvgIpc) is 2.49. The summed E-state index contributed by atoms with van der Waals surface area (Å²) in [6.45, 7) is 7.42. The van der Waals surface area contributed by atoms with Crippen molar-refractivity contribution in [1.82, 2.24) is 4.90 Å². The minimum Gasteiger partial charge on any atom is -0.444 e. The first-order chi connectivity index (χ1) is 8.32. The molecular formula is C13H26N2O3. The third-order valence-corrected chi connectivity index (χ3v) is 3.47. The Bertz CT molecular complexity index is 282. The Labute approximate surface area is 109 Å². The van der Waals surface area contributed by atoms with Crippen LogP contribution in [0.1, 0.15) is 40.0 Å². The molecule has 1 aliphatic rings. The Kier molecular flexibility index (Phi) is 4.99. The van der Waals surface area contributed by atoms with E-state index < -0.39 is 5.60 Å². The molecule has 0 aromatic heterocycles. The maximum Gasteiger partial charge on any atom is 0.410 e. The largest absolute Gasteiger partial charge is 0.444 e. The monoisotopic (exact) mass is 258 g/mol. The van der Waals surface area contributed by atoms with Gasteiger partial charge in [0.15, 0.2) is 0 Å². The fraction of sp³-hybridized carbons (Fsp3) is 0.923. The number of nitrogens with two attached hydrogens (primary N) is 1. The van der Waals surface area contributed by atoms with Gasteiger partial charge < -0.3 is 20.5 Å². The van der Waals surface area contributed by atoms with Gasteiger partial charge in [-0.3, -0.25) is 0 Å². The summed E-state index contributed by atoms with van der Waals surface area (Å²) in [4.78, 5) is 13.7. The van der Waals surface area contributed by atoms with E-state index in [1.165, 1.54) is 0 Å². The number of carbonyl (C=O) groups excluding carboxylic acids is 1. The fourth-order valence-corrected chi connectivity index (χ4v) is 2.19. The summed E-state index contributed by atoms with van der Waals surface area (Å²) in [7, 11) is 0. The van der Waals surface area contributed by atoms with Crippen molar-refractivity contribution in [3.63, 3.8) is 0 Å². The maximum absolute atomic E-state index is 12.0. The van der Waals surface area contributed by atoms with Crippen LogP contribution in [0.15, 0.2) is 0 Å². The van der Waals surface area contributed by atoms with Crippen LogP contribution in [0.2, 0.25) is 0 Å². The summed E-state index contributed by atoms with van der Waals surface area (Å²) in [6, 6.07) is 0. The van der Waals surface area contributed by atoms with E-state index in [1.54, 1.807) is 4.90 Å². The molecular weight excluding hydrogens is 232 g/mol. The standard InChI is InChI=1S/C13H26N2O3/c1-12(2,3)18-11(17)15-7-4-5-13(9-14,10-16)6-8-15/h16H,4-10,14H2,1-3H3. The van der Waals surface area contributed by atoms with Crippen molar-refractivity contribution in [2.45, 2.75) is 45.6 Å². The van der Waals surface area contributed by atoms with Gasteiger partial charge in [-0.05, 0) is 40.0 Å². The van der Waals surface area contributed by atoms with Crippen molar-refractivity contribution in [3.8, 4) is 0 Å². The van der Waals surface area contributed by atoms with Crippen LogP contribution in [-0.4, -0.2) is 47.9 Å². The van der Waals surface area contributed by atoms with E-state index in [0.717, 1.165) is 19.3 Å². The van der Waals surface area contributed by atoms with Crippen molar-refractivity contribution in [2.24, 2.45) is 11.1 Å². The number of aliphatic hydroxyl groups is 1. The van der Waals surface area contributed by atoms with Crippen LogP contribution in [0.5, 0.6) is 0 Å². The van der Waals surface area contributed by atoms with Crippen LogP contribution in [0.3, 0.4) is 0 Å². The number of hydrogen-bond acceptors (Lipinski definition) is 4. The number of amides is 1. The average molecular weight is 258 g/mol. The van der Waals surface area contributed by atoms with Crippen LogP contribution < -0.4 is 5.73 Å². The number of carbonyl (C=O) groups is 1. The molecule has 5 heteroatoms. The van der Waals surface area contributed by atoms with Crippen molar-refractivity contribution in [1.29, 1.82) is 0 Å². The van der Waals surface area contributed by atoms with Gasteiger partial charge in [0.05, 0.1) is 0 Å². The molecule has 0 saturated carbocycles. The van der Waals surface area contributed by atoms with E-state index in [1.807, 2.05) is 20.8 Å². The SMILES string of the molecule is CC(C)(C)OC(=O)N1CCCC(CN)(CO)CC1. The van der Waals surface area contributed by atoms with E-state index >= 15 is 0 Å². The number of likely N-dealkylation sites (tertiary alicyclic amines) is 1. The molecule has 0 spiro atoms. The summed E-state index contributed by atoms with van der Waals surface area (Å²) in [5.41, 5.74) is 5.05. The van der Waals surface area contributed by atoms with Crippen LogP contribution in [-0.2, 0) is 4.74 Å². The van der Waals surface area contributed by atoms with Crippen LogP contribution in [0, 0.1) is 5.41 Å². The molecule has 0 radical (unpaired) electrons. The second kappa shape index (κ2) is 5.89. The first-order valence-electron chi connectivity index (χ1n) is 6.61. The van der Waals surface area contributed by atoms with Gasteiger partial charge in [0.2, 0.25) is 0 Å². The van der Waals surface area contributed by atoms with Crippen LogP contribution in [0.4, 0.5) is 4.79 Å². The predicted molar refractivity (Wildman–Crippen MR) is 70.2 cm³/mol. The molecule has 18 heavy (non-hydrogen) atoms. The highest BCUT2D eigenvalue weighted by molar-refractivity contribution is 5.68. The highest BCUT2D eigenvalue weighted by Crippen LogP contribution is 2.30. The molecule has 106 valence electrons. The molecule has 1 atom stereocenters. The summed E-state index contributed by atoms with van der Waals surface area (Å²) < 4.78 is 5.36. The van der Waals surface area contributed by atoms with E-state index in [4.69, 9.17) is 10.5 Å². The molecule has 3 N–H and O–H groups in total. The zero-order chi connectivity index (χ0) is 13.8. The minimum absolute atomic E-state index is 0.0889. The summed E-state index contributed by atoms with van der Waals surface area (Å²) in [5.74, 6) is 0. The third-order valence-electron chi connectivity index (χ3n) is 3.47. The summed E-state index contributed by atoms with van der Waals surface area (Å²) in [6.07, 6.45) is 2.18. The molecule has 1 aliphatic heterocycles. The zero-order valence-electron chi connectivity index (χ0n) is 11.7. The Morgan fingerprint density at radius 2 is 2.06 bits per heavy atom. The molecule has 1 unspecified atom stereocenters. The first kappa shape index (κ1) is 15.2. The molecule has 0 aliphatic carbocycles. The zero-order valence-corrected chi connectivity index (χ0v) is 11.7. The Hall–Kier alpha value is -0.810. The predicted octanol–water partition coefficient (Wildman–Crippen LogP) is 1.34. The van der Waals surface area contributed by atoms with Crippen molar-refractivity contribution < 1.29 is 14.6 Å². The Morgan fingerprint density at radius 1 is 1.39 bits per heavy atom. The van der Waals surface area contributed by atoms with E-state index in [2.05, 4.69) is 0 Å². The van der Waals surface area contributed by atoms with E-state index in [9.17, 15) is 9.90 Å². The van der Waals surface area contributed by atoms with E-state index in [0.29, 0.717) is 19.6 Å². The lowest BCUT2D eigenvalue weighted by molar-refractivity contribution is 0.0244. The molecule has 1 saturated heterocycles. The molecule has 1 fully saturated rings. The molecule has 0 bridgehead atoms. The highest BCUT2D eigenvalue weighted by atomic mass is 16.6. The molecule has 5 nitrogen and oxygen atoms in total. The first-order valence-corrected chi connectivity index (χ1v) is 6.61. The lowest BCUT2D eigenvalue weighted by Gasteiger charge is -2.29. The Morgan fingerprint density at radius 3 is 2.56 bits per heavy atom. The lowest BCUT2D eigenvalue weighted by Crippen LogP contribution is -2.39. The quantitative estimate of drug-likeness (QED) is 0.784. The third kappa shape index (κ3) is 4.14. The molecule has 0 aromatic carbocycles.